The van der Waals surface area contributed by atoms with Crippen LogP contribution in [0.4, 0.5) is 8.78 Å². The molecular weight excluding hydrogens is 346 g/mol. The molecule has 0 unspecified atom stereocenters. The summed E-state index contributed by atoms with van der Waals surface area (Å²) < 4.78 is 26.3. The SMILES string of the molecule is O=C(NCc1ccc2c(c1)CCN(C1CCC1)CC2)c1ccc(F)c(F)c1. The molecule has 5 heteroatoms. The van der Waals surface area contributed by atoms with Gasteiger partial charge in [0.2, 0.25) is 0 Å². The van der Waals surface area contributed by atoms with E-state index < -0.39 is 17.5 Å². The summed E-state index contributed by atoms with van der Waals surface area (Å²) >= 11 is 0. The maximum absolute atomic E-state index is 13.3. The van der Waals surface area contributed by atoms with Crippen LogP contribution in [0.1, 0.15) is 46.3 Å². The number of halogens is 2. The second kappa shape index (κ2) is 7.77. The van der Waals surface area contributed by atoms with Crippen LogP contribution in [0.2, 0.25) is 0 Å². The number of amides is 1. The summed E-state index contributed by atoms with van der Waals surface area (Å²) in [5.41, 5.74) is 3.91. The Balaban J connectivity index is 1.38. The van der Waals surface area contributed by atoms with E-state index in [1.165, 1.54) is 36.5 Å². The molecule has 2 aliphatic rings. The third kappa shape index (κ3) is 4.03. The molecule has 0 spiro atoms. The molecule has 1 saturated carbocycles. The van der Waals surface area contributed by atoms with Gasteiger partial charge in [-0.15, -0.1) is 0 Å². The normalized spacial score (nSPS) is 17.7. The molecule has 2 aromatic rings. The summed E-state index contributed by atoms with van der Waals surface area (Å²) in [5, 5.41) is 2.79. The molecule has 0 atom stereocenters. The number of benzene rings is 2. The number of hydrogen-bond acceptors (Lipinski definition) is 2. The summed E-state index contributed by atoms with van der Waals surface area (Å²) in [5.74, 6) is -2.36. The minimum atomic E-state index is -1.01. The van der Waals surface area contributed by atoms with Gasteiger partial charge >= 0.3 is 0 Å². The van der Waals surface area contributed by atoms with Crippen molar-refractivity contribution in [3.63, 3.8) is 0 Å². The van der Waals surface area contributed by atoms with Crippen LogP contribution in [0.15, 0.2) is 36.4 Å². The molecule has 27 heavy (non-hydrogen) atoms. The molecule has 1 aliphatic heterocycles. The van der Waals surface area contributed by atoms with E-state index >= 15 is 0 Å². The first kappa shape index (κ1) is 18.1. The zero-order valence-corrected chi connectivity index (χ0v) is 15.3. The summed E-state index contributed by atoms with van der Waals surface area (Å²) in [6.07, 6.45) is 6.13. The van der Waals surface area contributed by atoms with Gasteiger partial charge in [-0.05, 0) is 60.6 Å². The van der Waals surface area contributed by atoms with Crippen LogP contribution >= 0.6 is 0 Å². The molecule has 0 radical (unpaired) electrons. The molecule has 0 saturated heterocycles. The van der Waals surface area contributed by atoms with Gasteiger partial charge in [0.1, 0.15) is 0 Å². The van der Waals surface area contributed by atoms with Gasteiger partial charge in [-0.2, -0.15) is 0 Å². The molecular formula is C22H24F2N2O. The predicted octanol–water partition coefficient (Wildman–Crippen LogP) is 3.85. The van der Waals surface area contributed by atoms with Crippen molar-refractivity contribution in [1.82, 2.24) is 10.2 Å². The molecule has 3 nitrogen and oxygen atoms in total. The fourth-order valence-corrected chi connectivity index (χ4v) is 3.94. The Morgan fingerprint density at radius 1 is 1.00 bits per heavy atom. The monoisotopic (exact) mass is 370 g/mol. The van der Waals surface area contributed by atoms with Crippen molar-refractivity contribution in [2.45, 2.75) is 44.7 Å². The number of rotatable bonds is 4. The topological polar surface area (TPSA) is 32.3 Å². The fourth-order valence-electron chi connectivity index (χ4n) is 3.94. The summed E-state index contributed by atoms with van der Waals surface area (Å²) in [6.45, 7) is 2.60. The highest BCUT2D eigenvalue weighted by molar-refractivity contribution is 5.94. The van der Waals surface area contributed by atoms with Gasteiger partial charge in [0, 0.05) is 31.2 Å². The van der Waals surface area contributed by atoms with Crippen LogP contribution in [0, 0.1) is 11.6 Å². The average molecular weight is 370 g/mol. The molecule has 1 aliphatic carbocycles. The van der Waals surface area contributed by atoms with E-state index in [2.05, 4.69) is 22.3 Å². The minimum absolute atomic E-state index is 0.125. The maximum Gasteiger partial charge on any atom is 0.251 e. The molecule has 1 fully saturated rings. The lowest BCUT2D eigenvalue weighted by Gasteiger charge is -2.36. The van der Waals surface area contributed by atoms with Crippen LogP contribution in [0.5, 0.6) is 0 Å². The van der Waals surface area contributed by atoms with E-state index in [1.54, 1.807) is 0 Å². The number of carbonyl (C=O) groups is 1. The summed E-state index contributed by atoms with van der Waals surface area (Å²) in [6, 6.07) is 10.3. The van der Waals surface area contributed by atoms with E-state index in [4.69, 9.17) is 0 Å². The molecule has 0 bridgehead atoms. The molecule has 1 heterocycles. The van der Waals surface area contributed by atoms with Crippen LogP contribution in [0.3, 0.4) is 0 Å². The van der Waals surface area contributed by atoms with E-state index in [9.17, 15) is 13.6 Å². The van der Waals surface area contributed by atoms with Gasteiger partial charge in [-0.3, -0.25) is 9.69 Å². The minimum Gasteiger partial charge on any atom is -0.348 e. The van der Waals surface area contributed by atoms with Crippen LogP contribution in [0.25, 0.3) is 0 Å². The Hall–Kier alpha value is -2.27. The van der Waals surface area contributed by atoms with E-state index in [-0.39, 0.29) is 5.56 Å². The quantitative estimate of drug-likeness (QED) is 0.887. The number of nitrogens with one attached hydrogen (secondary N) is 1. The third-order valence-corrected chi connectivity index (χ3v) is 5.83. The van der Waals surface area contributed by atoms with Crippen molar-refractivity contribution in [3.05, 3.63) is 70.3 Å². The van der Waals surface area contributed by atoms with E-state index in [0.717, 1.165) is 49.7 Å². The summed E-state index contributed by atoms with van der Waals surface area (Å²) in [4.78, 5) is 14.8. The molecule has 1 amide bonds. The molecule has 1 N–H and O–H groups in total. The Kier molecular flexibility index (Phi) is 5.21. The predicted molar refractivity (Wildman–Crippen MR) is 101 cm³/mol. The van der Waals surface area contributed by atoms with Crippen molar-refractivity contribution < 1.29 is 13.6 Å². The van der Waals surface area contributed by atoms with Crippen molar-refractivity contribution >= 4 is 5.91 Å². The first-order chi connectivity index (χ1) is 13.1. The lowest BCUT2D eigenvalue weighted by molar-refractivity contribution is 0.0950. The number of hydrogen-bond donors (Lipinski definition) is 1. The highest BCUT2D eigenvalue weighted by Gasteiger charge is 2.26. The Morgan fingerprint density at radius 2 is 1.78 bits per heavy atom. The Labute approximate surface area is 158 Å². The zero-order valence-electron chi connectivity index (χ0n) is 15.3. The molecule has 2 aromatic carbocycles. The van der Waals surface area contributed by atoms with Crippen molar-refractivity contribution in [2.24, 2.45) is 0 Å². The second-order valence-electron chi connectivity index (χ2n) is 7.54. The highest BCUT2D eigenvalue weighted by Crippen LogP contribution is 2.27. The zero-order chi connectivity index (χ0) is 18.8. The van der Waals surface area contributed by atoms with Gasteiger partial charge < -0.3 is 5.32 Å². The molecule has 4 rings (SSSR count). The van der Waals surface area contributed by atoms with Crippen molar-refractivity contribution in [2.75, 3.05) is 13.1 Å². The van der Waals surface area contributed by atoms with Crippen molar-refractivity contribution in [3.8, 4) is 0 Å². The van der Waals surface area contributed by atoms with E-state index in [0.29, 0.717) is 6.54 Å². The van der Waals surface area contributed by atoms with Crippen LogP contribution in [-0.2, 0) is 19.4 Å². The van der Waals surface area contributed by atoms with Crippen LogP contribution < -0.4 is 5.32 Å². The third-order valence-electron chi connectivity index (χ3n) is 5.83. The van der Waals surface area contributed by atoms with Gasteiger partial charge in [0.05, 0.1) is 0 Å². The number of carbonyl (C=O) groups excluding carboxylic acids is 1. The van der Waals surface area contributed by atoms with Crippen molar-refractivity contribution in [1.29, 1.82) is 0 Å². The molecule has 0 aromatic heterocycles. The van der Waals surface area contributed by atoms with Gasteiger partial charge in [-0.1, -0.05) is 24.6 Å². The first-order valence-electron chi connectivity index (χ1n) is 9.68. The Morgan fingerprint density at radius 3 is 2.48 bits per heavy atom. The number of fused-ring (bicyclic) bond motifs is 1. The van der Waals surface area contributed by atoms with Gasteiger partial charge in [0.25, 0.3) is 5.91 Å². The van der Waals surface area contributed by atoms with Crippen LogP contribution in [-0.4, -0.2) is 29.9 Å². The fraction of sp³-hybridized carbons (Fsp3) is 0.409. The first-order valence-corrected chi connectivity index (χ1v) is 9.68. The lowest BCUT2D eigenvalue weighted by atomic mass is 9.91. The lowest BCUT2D eigenvalue weighted by Crippen LogP contribution is -2.41. The standard InChI is InChI=1S/C22H24F2N2O/c23-20-7-6-18(13-21(20)24)22(27)25-14-15-4-5-16-8-10-26(19-2-1-3-19)11-9-17(16)12-15/h4-7,12-13,19H,1-3,8-11,14H2,(H,25,27). The number of nitrogens with zero attached hydrogens (tertiary/aromatic N) is 1. The smallest absolute Gasteiger partial charge is 0.251 e. The molecule has 142 valence electrons. The van der Waals surface area contributed by atoms with Gasteiger partial charge in [-0.25, -0.2) is 8.78 Å². The van der Waals surface area contributed by atoms with E-state index in [1.807, 2.05) is 6.07 Å². The Bertz CT molecular complexity index is 848. The second-order valence-corrected chi connectivity index (χ2v) is 7.54. The van der Waals surface area contributed by atoms with Gasteiger partial charge in [0.15, 0.2) is 11.6 Å². The largest absolute Gasteiger partial charge is 0.348 e. The summed E-state index contributed by atoms with van der Waals surface area (Å²) in [7, 11) is 0. The maximum atomic E-state index is 13.3. The average Bonchev–Trinajstić information content (AvgIpc) is 2.83. The highest BCUT2D eigenvalue weighted by atomic mass is 19.2.